The van der Waals surface area contributed by atoms with Gasteiger partial charge >= 0.3 is 0 Å². The first-order valence-corrected chi connectivity index (χ1v) is 8.52. The second-order valence-electron chi connectivity index (χ2n) is 6.88. The van der Waals surface area contributed by atoms with Gasteiger partial charge in [-0.2, -0.15) is 0 Å². The van der Waals surface area contributed by atoms with E-state index >= 15 is 0 Å². The third-order valence-corrected chi connectivity index (χ3v) is 5.11. The van der Waals surface area contributed by atoms with Crippen molar-refractivity contribution in [2.75, 3.05) is 14.1 Å². The van der Waals surface area contributed by atoms with Crippen molar-refractivity contribution < 1.29 is 5.11 Å². The molecule has 0 bridgehead atoms. The van der Waals surface area contributed by atoms with Crippen LogP contribution >= 0.6 is 12.4 Å². The lowest BCUT2D eigenvalue weighted by atomic mass is 9.68. The van der Waals surface area contributed by atoms with E-state index in [0.717, 1.165) is 32.1 Å². The van der Waals surface area contributed by atoms with E-state index in [1.165, 1.54) is 18.4 Å². The van der Waals surface area contributed by atoms with Gasteiger partial charge in [0, 0.05) is 12.0 Å². The lowest BCUT2D eigenvalue weighted by Gasteiger charge is -2.46. The van der Waals surface area contributed by atoms with Gasteiger partial charge in [0.25, 0.3) is 0 Å². The number of halogens is 1. The first kappa shape index (κ1) is 19.5. The second-order valence-corrected chi connectivity index (χ2v) is 6.88. The quantitative estimate of drug-likeness (QED) is 0.810. The zero-order chi connectivity index (χ0) is 15.3. The van der Waals surface area contributed by atoms with Crippen LogP contribution in [0.5, 0.6) is 0 Å². The summed E-state index contributed by atoms with van der Waals surface area (Å²) in [5.41, 5.74) is 0.850. The van der Waals surface area contributed by atoms with E-state index in [9.17, 15) is 5.11 Å². The SMILES string of the molecule is CCCCC1(O)CCCCC1C(c1ccccc1)N(C)C.Cl. The van der Waals surface area contributed by atoms with Gasteiger partial charge in [0.15, 0.2) is 0 Å². The van der Waals surface area contributed by atoms with E-state index in [1.807, 2.05) is 0 Å². The Morgan fingerprint density at radius 3 is 2.50 bits per heavy atom. The maximum atomic E-state index is 11.3. The van der Waals surface area contributed by atoms with E-state index in [2.05, 4.69) is 56.3 Å². The summed E-state index contributed by atoms with van der Waals surface area (Å²) in [5, 5.41) is 11.3. The summed E-state index contributed by atoms with van der Waals surface area (Å²) in [6, 6.07) is 11.0. The smallest absolute Gasteiger partial charge is 0.0694 e. The van der Waals surface area contributed by atoms with Crippen LogP contribution in [0.2, 0.25) is 0 Å². The van der Waals surface area contributed by atoms with Gasteiger partial charge in [0.1, 0.15) is 0 Å². The van der Waals surface area contributed by atoms with Gasteiger partial charge < -0.3 is 10.0 Å². The molecule has 1 aromatic carbocycles. The molecule has 1 aliphatic carbocycles. The summed E-state index contributed by atoms with van der Waals surface area (Å²) in [7, 11) is 4.29. The highest BCUT2D eigenvalue weighted by Gasteiger charge is 2.43. The summed E-state index contributed by atoms with van der Waals surface area (Å²) in [6.45, 7) is 2.21. The highest BCUT2D eigenvalue weighted by Crippen LogP contribution is 2.45. The van der Waals surface area contributed by atoms with Gasteiger partial charge in [0.05, 0.1) is 5.60 Å². The first-order valence-electron chi connectivity index (χ1n) is 8.52. The van der Waals surface area contributed by atoms with Crippen molar-refractivity contribution in [1.82, 2.24) is 4.90 Å². The van der Waals surface area contributed by atoms with Crippen LogP contribution in [0.4, 0.5) is 0 Å². The van der Waals surface area contributed by atoms with Crippen molar-refractivity contribution in [3.63, 3.8) is 0 Å². The molecule has 1 aromatic rings. The van der Waals surface area contributed by atoms with E-state index in [1.54, 1.807) is 0 Å². The van der Waals surface area contributed by atoms with Crippen molar-refractivity contribution in [3.8, 4) is 0 Å². The fourth-order valence-corrected chi connectivity index (χ4v) is 4.04. The van der Waals surface area contributed by atoms with Gasteiger partial charge in [-0.1, -0.05) is 62.9 Å². The van der Waals surface area contributed by atoms with Crippen molar-refractivity contribution >= 4 is 12.4 Å². The van der Waals surface area contributed by atoms with Gasteiger partial charge in [-0.15, -0.1) is 12.4 Å². The zero-order valence-corrected chi connectivity index (χ0v) is 15.1. The minimum atomic E-state index is -0.487. The largest absolute Gasteiger partial charge is 0.390 e. The topological polar surface area (TPSA) is 23.5 Å². The Hall–Kier alpha value is -0.570. The highest BCUT2D eigenvalue weighted by molar-refractivity contribution is 5.85. The summed E-state index contributed by atoms with van der Waals surface area (Å²) < 4.78 is 0. The average molecular weight is 326 g/mol. The fourth-order valence-electron chi connectivity index (χ4n) is 4.04. The predicted octanol–water partition coefficient (Wildman–Crippen LogP) is 4.82. The molecule has 1 N–H and O–H groups in total. The Bertz CT molecular complexity index is 423. The molecule has 3 heteroatoms. The lowest BCUT2D eigenvalue weighted by molar-refractivity contribution is -0.0842. The number of rotatable bonds is 6. The van der Waals surface area contributed by atoms with Crippen molar-refractivity contribution in [1.29, 1.82) is 0 Å². The molecular weight excluding hydrogens is 294 g/mol. The van der Waals surface area contributed by atoms with Gasteiger partial charge in [-0.25, -0.2) is 0 Å². The lowest BCUT2D eigenvalue weighted by Crippen LogP contribution is -2.47. The molecule has 1 fully saturated rings. The Morgan fingerprint density at radius 2 is 1.91 bits per heavy atom. The molecule has 1 saturated carbocycles. The Balaban J connectivity index is 0.00000242. The maximum Gasteiger partial charge on any atom is 0.0694 e. The molecule has 0 aromatic heterocycles. The van der Waals surface area contributed by atoms with Crippen LogP contribution in [0.3, 0.4) is 0 Å². The number of hydrogen-bond acceptors (Lipinski definition) is 2. The van der Waals surface area contributed by atoms with Gasteiger partial charge in [-0.3, -0.25) is 0 Å². The summed E-state index contributed by atoms with van der Waals surface area (Å²) >= 11 is 0. The van der Waals surface area contributed by atoms with Gasteiger partial charge in [-0.05, 0) is 38.9 Å². The summed E-state index contributed by atoms with van der Waals surface area (Å²) in [5.74, 6) is 0.343. The number of nitrogens with zero attached hydrogens (tertiary/aromatic N) is 1. The Morgan fingerprint density at radius 1 is 1.23 bits per heavy atom. The Kier molecular flexibility index (Phi) is 7.88. The molecule has 0 amide bonds. The van der Waals surface area contributed by atoms with E-state index in [0.29, 0.717) is 12.0 Å². The molecule has 2 rings (SSSR count). The van der Waals surface area contributed by atoms with Crippen molar-refractivity contribution in [3.05, 3.63) is 35.9 Å². The minimum Gasteiger partial charge on any atom is -0.390 e. The van der Waals surface area contributed by atoms with Crippen LogP contribution in [-0.2, 0) is 0 Å². The molecule has 126 valence electrons. The molecule has 22 heavy (non-hydrogen) atoms. The van der Waals surface area contributed by atoms with Crippen LogP contribution in [-0.4, -0.2) is 29.7 Å². The Labute approximate surface area is 142 Å². The van der Waals surface area contributed by atoms with Crippen LogP contribution in [0.25, 0.3) is 0 Å². The molecule has 3 atom stereocenters. The van der Waals surface area contributed by atoms with Crippen molar-refractivity contribution in [2.45, 2.75) is 63.5 Å². The monoisotopic (exact) mass is 325 g/mol. The van der Waals surface area contributed by atoms with Gasteiger partial charge in [0.2, 0.25) is 0 Å². The maximum absolute atomic E-state index is 11.3. The number of aliphatic hydroxyl groups is 1. The molecule has 0 radical (unpaired) electrons. The molecule has 0 aliphatic heterocycles. The van der Waals surface area contributed by atoms with Crippen molar-refractivity contribution in [2.24, 2.45) is 5.92 Å². The molecule has 3 unspecified atom stereocenters. The predicted molar refractivity (Wildman–Crippen MR) is 96.6 cm³/mol. The molecule has 0 saturated heterocycles. The summed E-state index contributed by atoms with van der Waals surface area (Å²) in [4.78, 5) is 2.29. The zero-order valence-electron chi connectivity index (χ0n) is 14.3. The standard InChI is InChI=1S/C19H31NO.ClH/c1-4-5-14-19(21)15-10-9-13-17(19)18(20(2)3)16-11-7-6-8-12-16;/h6-8,11-12,17-18,21H,4-5,9-10,13-15H2,1-3H3;1H. The third kappa shape index (κ3) is 4.47. The molecule has 1 aliphatic rings. The molecular formula is C19H32ClNO. The highest BCUT2D eigenvalue weighted by atomic mass is 35.5. The van der Waals surface area contributed by atoms with Crippen LogP contribution < -0.4 is 0 Å². The second kappa shape index (κ2) is 8.90. The molecule has 0 heterocycles. The molecule has 0 spiro atoms. The van der Waals surface area contributed by atoms with Crippen LogP contribution in [0.1, 0.15) is 63.5 Å². The first-order chi connectivity index (χ1) is 10.1. The van der Waals surface area contributed by atoms with Crippen LogP contribution in [0, 0.1) is 5.92 Å². The number of hydrogen-bond donors (Lipinski definition) is 1. The van der Waals surface area contributed by atoms with Crippen LogP contribution in [0.15, 0.2) is 30.3 Å². The molecule has 2 nitrogen and oxygen atoms in total. The third-order valence-electron chi connectivity index (χ3n) is 5.11. The van der Waals surface area contributed by atoms with E-state index in [4.69, 9.17) is 0 Å². The van der Waals surface area contributed by atoms with E-state index < -0.39 is 5.60 Å². The van der Waals surface area contributed by atoms with E-state index in [-0.39, 0.29) is 12.4 Å². The average Bonchev–Trinajstić information content (AvgIpc) is 2.48. The number of benzene rings is 1. The normalized spacial score (nSPS) is 26.5. The minimum absolute atomic E-state index is 0. The number of unbranched alkanes of at least 4 members (excludes halogenated alkanes) is 1. The fraction of sp³-hybridized carbons (Fsp3) is 0.684. The summed E-state index contributed by atoms with van der Waals surface area (Å²) in [6.07, 6.45) is 7.76.